The second-order valence-electron chi connectivity index (χ2n) is 3.88. The number of halogens is 1. The molecule has 2 rings (SSSR count). The summed E-state index contributed by atoms with van der Waals surface area (Å²) in [6.07, 6.45) is 2.51. The minimum atomic E-state index is 0.247. The van der Waals surface area contributed by atoms with E-state index in [1.165, 1.54) is 6.42 Å². The third-order valence-electron chi connectivity index (χ3n) is 2.67. The van der Waals surface area contributed by atoms with Crippen molar-refractivity contribution in [3.63, 3.8) is 0 Å². The second-order valence-corrected chi connectivity index (χ2v) is 4.80. The predicted molar refractivity (Wildman–Crippen MR) is 67.2 cm³/mol. The molecule has 1 aromatic carbocycles. The second kappa shape index (κ2) is 5.55. The van der Waals surface area contributed by atoms with Crippen LogP contribution in [0.25, 0.3) is 0 Å². The standard InChI is InChI=1S/C12H16BrNO2/c1-15-11-5-4-9(13)7-12(11)16-10-3-2-6-14-8-10/h4-5,7,10,14H,2-3,6,8H2,1H3. The van der Waals surface area contributed by atoms with Crippen molar-refractivity contribution in [2.45, 2.75) is 18.9 Å². The van der Waals surface area contributed by atoms with Crippen molar-refractivity contribution in [3.05, 3.63) is 22.7 Å². The van der Waals surface area contributed by atoms with Crippen LogP contribution < -0.4 is 14.8 Å². The van der Waals surface area contributed by atoms with Crippen LogP contribution in [0.3, 0.4) is 0 Å². The molecule has 0 aromatic heterocycles. The number of methoxy groups -OCH3 is 1. The Morgan fingerprint density at radius 3 is 2.94 bits per heavy atom. The van der Waals surface area contributed by atoms with Gasteiger partial charge in [-0.15, -0.1) is 0 Å². The van der Waals surface area contributed by atoms with Crippen LogP contribution >= 0.6 is 15.9 Å². The number of ether oxygens (including phenoxy) is 2. The first-order chi connectivity index (χ1) is 7.79. The Hall–Kier alpha value is -0.740. The lowest BCUT2D eigenvalue weighted by atomic mass is 10.1. The summed E-state index contributed by atoms with van der Waals surface area (Å²) in [6.45, 7) is 2.01. The normalized spacial score (nSPS) is 20.5. The fraction of sp³-hybridized carbons (Fsp3) is 0.500. The van der Waals surface area contributed by atoms with Crippen LogP contribution in [0.5, 0.6) is 11.5 Å². The Balaban J connectivity index is 2.09. The summed E-state index contributed by atoms with van der Waals surface area (Å²) in [5, 5.41) is 3.33. The van der Waals surface area contributed by atoms with E-state index < -0.39 is 0 Å². The largest absolute Gasteiger partial charge is 0.493 e. The zero-order chi connectivity index (χ0) is 11.4. The molecule has 3 nitrogen and oxygen atoms in total. The molecule has 1 heterocycles. The lowest BCUT2D eigenvalue weighted by Gasteiger charge is -2.24. The van der Waals surface area contributed by atoms with Gasteiger partial charge in [-0.05, 0) is 37.6 Å². The maximum absolute atomic E-state index is 5.94. The predicted octanol–water partition coefficient (Wildman–Crippen LogP) is 2.59. The van der Waals surface area contributed by atoms with Gasteiger partial charge in [0.05, 0.1) is 7.11 Å². The molecule has 16 heavy (non-hydrogen) atoms. The Bertz CT molecular complexity index is 351. The molecule has 0 bridgehead atoms. The highest BCUT2D eigenvalue weighted by atomic mass is 79.9. The van der Waals surface area contributed by atoms with Gasteiger partial charge in [0.2, 0.25) is 0 Å². The van der Waals surface area contributed by atoms with Gasteiger partial charge in [0, 0.05) is 11.0 Å². The molecule has 4 heteroatoms. The fourth-order valence-electron chi connectivity index (χ4n) is 1.84. The van der Waals surface area contributed by atoms with Crippen LogP contribution in [0.1, 0.15) is 12.8 Å². The number of benzene rings is 1. The summed E-state index contributed by atoms with van der Waals surface area (Å²) in [5.41, 5.74) is 0. The molecular formula is C12H16BrNO2. The van der Waals surface area contributed by atoms with Gasteiger partial charge in [-0.2, -0.15) is 0 Å². The first-order valence-corrected chi connectivity index (χ1v) is 6.30. The van der Waals surface area contributed by atoms with Crippen molar-refractivity contribution >= 4 is 15.9 Å². The van der Waals surface area contributed by atoms with E-state index in [1.807, 2.05) is 18.2 Å². The third kappa shape index (κ3) is 2.89. The Morgan fingerprint density at radius 1 is 1.38 bits per heavy atom. The van der Waals surface area contributed by atoms with Crippen LogP contribution in [0.15, 0.2) is 22.7 Å². The molecule has 1 aliphatic heterocycles. The maximum Gasteiger partial charge on any atom is 0.162 e. The molecule has 0 amide bonds. The maximum atomic E-state index is 5.94. The van der Waals surface area contributed by atoms with E-state index in [0.717, 1.165) is 35.5 Å². The van der Waals surface area contributed by atoms with Crippen molar-refractivity contribution in [3.8, 4) is 11.5 Å². The average molecular weight is 286 g/mol. The van der Waals surface area contributed by atoms with E-state index in [2.05, 4.69) is 21.2 Å². The summed E-state index contributed by atoms with van der Waals surface area (Å²) >= 11 is 3.44. The minimum Gasteiger partial charge on any atom is -0.493 e. The number of nitrogens with one attached hydrogen (secondary N) is 1. The third-order valence-corrected chi connectivity index (χ3v) is 3.16. The minimum absolute atomic E-state index is 0.247. The Kier molecular flexibility index (Phi) is 4.07. The van der Waals surface area contributed by atoms with E-state index >= 15 is 0 Å². The van der Waals surface area contributed by atoms with Crippen molar-refractivity contribution in [2.24, 2.45) is 0 Å². The van der Waals surface area contributed by atoms with E-state index in [9.17, 15) is 0 Å². The monoisotopic (exact) mass is 285 g/mol. The lowest BCUT2D eigenvalue weighted by Crippen LogP contribution is -2.37. The molecule has 0 spiro atoms. The van der Waals surface area contributed by atoms with Gasteiger partial charge in [0.1, 0.15) is 6.10 Å². The van der Waals surface area contributed by atoms with Crippen LogP contribution in [-0.4, -0.2) is 26.3 Å². The van der Waals surface area contributed by atoms with Crippen molar-refractivity contribution in [1.29, 1.82) is 0 Å². The molecule has 0 saturated carbocycles. The van der Waals surface area contributed by atoms with Crippen molar-refractivity contribution in [2.75, 3.05) is 20.2 Å². The summed E-state index contributed by atoms with van der Waals surface area (Å²) in [6, 6.07) is 5.81. The summed E-state index contributed by atoms with van der Waals surface area (Å²) in [5.74, 6) is 1.60. The average Bonchev–Trinajstić information content (AvgIpc) is 2.31. The quantitative estimate of drug-likeness (QED) is 0.926. The van der Waals surface area contributed by atoms with Crippen LogP contribution in [-0.2, 0) is 0 Å². The fourth-order valence-corrected chi connectivity index (χ4v) is 2.18. The summed E-state index contributed by atoms with van der Waals surface area (Å²) < 4.78 is 12.2. The van der Waals surface area contributed by atoms with Gasteiger partial charge < -0.3 is 14.8 Å². The lowest BCUT2D eigenvalue weighted by molar-refractivity contribution is 0.161. The molecule has 1 N–H and O–H groups in total. The number of piperidine rings is 1. The van der Waals surface area contributed by atoms with E-state index in [4.69, 9.17) is 9.47 Å². The number of hydrogen-bond donors (Lipinski definition) is 1. The number of hydrogen-bond acceptors (Lipinski definition) is 3. The van der Waals surface area contributed by atoms with Crippen LogP contribution in [0, 0.1) is 0 Å². The van der Waals surface area contributed by atoms with Gasteiger partial charge >= 0.3 is 0 Å². The first kappa shape index (κ1) is 11.7. The molecule has 1 aliphatic rings. The Labute approximate surface area is 104 Å². The molecular weight excluding hydrogens is 270 g/mol. The van der Waals surface area contributed by atoms with Gasteiger partial charge in [-0.3, -0.25) is 0 Å². The highest BCUT2D eigenvalue weighted by Crippen LogP contribution is 2.31. The molecule has 1 saturated heterocycles. The van der Waals surface area contributed by atoms with Gasteiger partial charge in [0.15, 0.2) is 11.5 Å². The zero-order valence-corrected chi connectivity index (χ0v) is 10.9. The smallest absolute Gasteiger partial charge is 0.162 e. The molecule has 88 valence electrons. The van der Waals surface area contributed by atoms with Crippen LogP contribution in [0.4, 0.5) is 0 Å². The summed E-state index contributed by atoms with van der Waals surface area (Å²) in [4.78, 5) is 0. The molecule has 1 unspecified atom stereocenters. The van der Waals surface area contributed by atoms with Crippen molar-refractivity contribution in [1.82, 2.24) is 5.32 Å². The van der Waals surface area contributed by atoms with E-state index in [1.54, 1.807) is 7.11 Å². The highest BCUT2D eigenvalue weighted by Gasteiger charge is 2.16. The first-order valence-electron chi connectivity index (χ1n) is 5.50. The highest BCUT2D eigenvalue weighted by molar-refractivity contribution is 9.10. The van der Waals surface area contributed by atoms with Crippen LogP contribution in [0.2, 0.25) is 0 Å². The van der Waals surface area contributed by atoms with Gasteiger partial charge in [0.25, 0.3) is 0 Å². The molecule has 1 aromatic rings. The van der Waals surface area contributed by atoms with E-state index in [-0.39, 0.29) is 6.10 Å². The topological polar surface area (TPSA) is 30.5 Å². The van der Waals surface area contributed by atoms with Crippen molar-refractivity contribution < 1.29 is 9.47 Å². The molecule has 1 fully saturated rings. The SMILES string of the molecule is COc1ccc(Br)cc1OC1CCCNC1. The molecule has 1 atom stereocenters. The Morgan fingerprint density at radius 2 is 2.25 bits per heavy atom. The molecule has 0 aliphatic carbocycles. The number of rotatable bonds is 3. The summed E-state index contributed by atoms with van der Waals surface area (Å²) in [7, 11) is 1.66. The van der Waals surface area contributed by atoms with Gasteiger partial charge in [-0.25, -0.2) is 0 Å². The van der Waals surface area contributed by atoms with E-state index in [0.29, 0.717) is 0 Å². The van der Waals surface area contributed by atoms with Gasteiger partial charge in [-0.1, -0.05) is 15.9 Å². The zero-order valence-electron chi connectivity index (χ0n) is 9.33. The molecule has 0 radical (unpaired) electrons.